The number of morpholine rings is 1. The number of nitrogens with one attached hydrogen (secondary N) is 1. The topological polar surface area (TPSA) is 61.8 Å². The molecule has 0 amide bonds. The lowest BCUT2D eigenvalue weighted by atomic mass is 10.1. The van der Waals surface area contributed by atoms with Gasteiger partial charge in [-0.25, -0.2) is 4.79 Å². The summed E-state index contributed by atoms with van der Waals surface area (Å²) in [7, 11) is 0. The predicted octanol–water partition coefficient (Wildman–Crippen LogP) is 2.17. The molecule has 1 fully saturated rings. The van der Waals surface area contributed by atoms with E-state index in [0.29, 0.717) is 10.7 Å². The lowest BCUT2D eigenvalue weighted by Crippen LogP contribution is -2.37. The molecule has 2 rings (SSSR count). The average molecular weight is 299 g/mol. The van der Waals surface area contributed by atoms with E-state index in [9.17, 15) is 4.79 Å². The highest BCUT2D eigenvalue weighted by molar-refractivity contribution is 6.31. The van der Waals surface area contributed by atoms with E-state index in [4.69, 9.17) is 21.4 Å². The Bertz CT molecular complexity index is 462. The lowest BCUT2D eigenvalue weighted by molar-refractivity contribution is 0.0378. The standard InChI is InChI=1S/C14H19ClN2O3/c15-11-2-3-13(12(10-11)14(18)19)16-4-1-5-17-6-8-20-9-7-17/h2-3,10,16H,1,4-9H2,(H,18,19). The second kappa shape index (κ2) is 7.47. The first-order valence-electron chi connectivity index (χ1n) is 6.73. The number of ether oxygens (including phenoxy) is 1. The van der Waals surface area contributed by atoms with Crippen molar-refractivity contribution in [2.24, 2.45) is 0 Å². The van der Waals surface area contributed by atoms with Gasteiger partial charge in [0.2, 0.25) is 0 Å². The fourth-order valence-corrected chi connectivity index (χ4v) is 2.37. The molecule has 20 heavy (non-hydrogen) atoms. The number of nitrogens with zero attached hydrogens (tertiary/aromatic N) is 1. The van der Waals surface area contributed by atoms with Crippen molar-refractivity contribution >= 4 is 23.3 Å². The number of anilines is 1. The lowest BCUT2D eigenvalue weighted by Gasteiger charge is -2.26. The van der Waals surface area contributed by atoms with Crippen LogP contribution < -0.4 is 5.32 Å². The number of carboxylic acid groups (broad SMARTS) is 1. The van der Waals surface area contributed by atoms with Gasteiger partial charge < -0.3 is 15.2 Å². The SMILES string of the molecule is O=C(O)c1cc(Cl)ccc1NCCCN1CCOCC1. The maximum Gasteiger partial charge on any atom is 0.337 e. The number of aromatic carboxylic acids is 1. The Morgan fingerprint density at radius 2 is 2.15 bits per heavy atom. The number of hydrogen-bond acceptors (Lipinski definition) is 4. The maximum atomic E-state index is 11.1. The third kappa shape index (κ3) is 4.37. The Morgan fingerprint density at radius 1 is 1.40 bits per heavy atom. The van der Waals surface area contributed by atoms with Crippen LogP contribution in [0.3, 0.4) is 0 Å². The second-order valence-electron chi connectivity index (χ2n) is 4.73. The van der Waals surface area contributed by atoms with Crippen molar-refractivity contribution in [2.45, 2.75) is 6.42 Å². The molecular formula is C14H19ClN2O3. The van der Waals surface area contributed by atoms with E-state index in [1.807, 2.05) is 0 Å². The molecule has 6 heteroatoms. The molecule has 2 N–H and O–H groups in total. The van der Waals surface area contributed by atoms with Crippen molar-refractivity contribution in [1.82, 2.24) is 4.90 Å². The van der Waals surface area contributed by atoms with Crippen LogP contribution in [0.1, 0.15) is 16.8 Å². The van der Waals surface area contributed by atoms with Crippen LogP contribution in [0.5, 0.6) is 0 Å². The van der Waals surface area contributed by atoms with Crippen molar-refractivity contribution in [3.05, 3.63) is 28.8 Å². The Balaban J connectivity index is 1.80. The molecule has 0 radical (unpaired) electrons. The van der Waals surface area contributed by atoms with Gasteiger partial charge in [-0.2, -0.15) is 0 Å². The molecule has 110 valence electrons. The number of rotatable bonds is 6. The Kier molecular flexibility index (Phi) is 5.64. The van der Waals surface area contributed by atoms with Gasteiger partial charge in [0.05, 0.1) is 18.8 Å². The molecular weight excluding hydrogens is 280 g/mol. The number of halogens is 1. The molecule has 1 aliphatic heterocycles. The molecule has 0 aromatic heterocycles. The van der Waals surface area contributed by atoms with E-state index in [-0.39, 0.29) is 5.56 Å². The van der Waals surface area contributed by atoms with Gasteiger partial charge in [-0.1, -0.05) is 11.6 Å². The number of hydrogen-bond donors (Lipinski definition) is 2. The Morgan fingerprint density at radius 3 is 2.85 bits per heavy atom. The van der Waals surface area contributed by atoms with E-state index in [2.05, 4.69) is 10.2 Å². The fourth-order valence-electron chi connectivity index (χ4n) is 2.20. The summed E-state index contributed by atoms with van der Waals surface area (Å²) in [6.07, 6.45) is 0.960. The van der Waals surface area contributed by atoms with Gasteiger partial charge in [-0.05, 0) is 31.2 Å². The summed E-state index contributed by atoms with van der Waals surface area (Å²) in [6.45, 7) is 5.27. The molecule has 0 spiro atoms. The van der Waals surface area contributed by atoms with Crippen molar-refractivity contribution in [3.8, 4) is 0 Å². The van der Waals surface area contributed by atoms with Crippen LogP contribution in [0, 0.1) is 0 Å². The molecule has 1 aromatic carbocycles. The van der Waals surface area contributed by atoms with Crippen LogP contribution in [-0.4, -0.2) is 55.4 Å². The van der Waals surface area contributed by atoms with Crippen molar-refractivity contribution in [3.63, 3.8) is 0 Å². The number of carbonyl (C=O) groups is 1. The summed E-state index contributed by atoms with van der Waals surface area (Å²) in [4.78, 5) is 13.5. The van der Waals surface area contributed by atoms with Crippen molar-refractivity contribution in [1.29, 1.82) is 0 Å². The summed E-state index contributed by atoms with van der Waals surface area (Å²) in [5.74, 6) is -0.969. The minimum atomic E-state index is -0.969. The zero-order chi connectivity index (χ0) is 14.4. The molecule has 1 saturated heterocycles. The van der Waals surface area contributed by atoms with Gasteiger partial charge in [0.1, 0.15) is 0 Å². The fraction of sp³-hybridized carbons (Fsp3) is 0.500. The second-order valence-corrected chi connectivity index (χ2v) is 5.17. The van der Waals surface area contributed by atoms with Crippen molar-refractivity contribution in [2.75, 3.05) is 44.7 Å². The number of carboxylic acids is 1. The molecule has 0 atom stereocenters. The van der Waals surface area contributed by atoms with Crippen LogP contribution in [0.25, 0.3) is 0 Å². The Hall–Kier alpha value is -1.30. The predicted molar refractivity (Wildman–Crippen MR) is 78.8 cm³/mol. The van der Waals surface area contributed by atoms with Crippen LogP contribution in [0.15, 0.2) is 18.2 Å². The van der Waals surface area contributed by atoms with E-state index in [1.165, 1.54) is 6.07 Å². The van der Waals surface area contributed by atoms with Gasteiger partial charge in [0.25, 0.3) is 0 Å². The van der Waals surface area contributed by atoms with E-state index in [1.54, 1.807) is 12.1 Å². The third-order valence-corrected chi connectivity index (χ3v) is 3.52. The first-order chi connectivity index (χ1) is 9.66. The molecule has 5 nitrogen and oxygen atoms in total. The van der Waals surface area contributed by atoms with Gasteiger partial charge >= 0.3 is 5.97 Å². The highest BCUT2D eigenvalue weighted by atomic mass is 35.5. The minimum Gasteiger partial charge on any atom is -0.478 e. The van der Waals surface area contributed by atoms with Gasteiger partial charge in [-0.3, -0.25) is 4.90 Å². The van der Waals surface area contributed by atoms with Gasteiger partial charge in [-0.15, -0.1) is 0 Å². The monoisotopic (exact) mass is 298 g/mol. The van der Waals surface area contributed by atoms with Gasteiger partial charge in [0, 0.05) is 30.3 Å². The number of benzene rings is 1. The Labute approximate surface area is 123 Å². The van der Waals surface area contributed by atoms with E-state index >= 15 is 0 Å². The van der Waals surface area contributed by atoms with Crippen LogP contribution in [0.4, 0.5) is 5.69 Å². The summed E-state index contributed by atoms with van der Waals surface area (Å²) < 4.78 is 5.29. The third-order valence-electron chi connectivity index (χ3n) is 3.28. The quantitative estimate of drug-likeness (QED) is 0.788. The zero-order valence-corrected chi connectivity index (χ0v) is 12.0. The van der Waals surface area contributed by atoms with Crippen LogP contribution >= 0.6 is 11.6 Å². The van der Waals surface area contributed by atoms with E-state index < -0.39 is 5.97 Å². The average Bonchev–Trinajstić information content (AvgIpc) is 2.45. The summed E-state index contributed by atoms with van der Waals surface area (Å²) in [6, 6.07) is 4.87. The molecule has 1 aliphatic rings. The molecule has 0 bridgehead atoms. The normalized spacial score (nSPS) is 16.1. The molecule has 0 aliphatic carbocycles. The smallest absolute Gasteiger partial charge is 0.337 e. The van der Waals surface area contributed by atoms with Crippen molar-refractivity contribution < 1.29 is 14.6 Å². The molecule has 0 saturated carbocycles. The van der Waals surface area contributed by atoms with E-state index in [0.717, 1.165) is 45.8 Å². The zero-order valence-electron chi connectivity index (χ0n) is 11.3. The van der Waals surface area contributed by atoms with Gasteiger partial charge in [0.15, 0.2) is 0 Å². The highest BCUT2D eigenvalue weighted by Gasteiger charge is 2.11. The van der Waals surface area contributed by atoms with Crippen LogP contribution in [0.2, 0.25) is 5.02 Å². The summed E-state index contributed by atoms with van der Waals surface area (Å²) in [5, 5.41) is 12.7. The minimum absolute atomic E-state index is 0.212. The molecule has 1 aromatic rings. The summed E-state index contributed by atoms with van der Waals surface area (Å²) >= 11 is 5.81. The first-order valence-corrected chi connectivity index (χ1v) is 7.11. The highest BCUT2D eigenvalue weighted by Crippen LogP contribution is 2.20. The molecule has 1 heterocycles. The molecule has 0 unspecified atom stereocenters. The maximum absolute atomic E-state index is 11.1. The largest absolute Gasteiger partial charge is 0.478 e. The van der Waals surface area contributed by atoms with Crippen LogP contribution in [-0.2, 0) is 4.74 Å². The summed E-state index contributed by atoms with van der Waals surface area (Å²) in [5.41, 5.74) is 0.827. The first kappa shape index (κ1) is 15.1.